The summed E-state index contributed by atoms with van der Waals surface area (Å²) in [6.07, 6.45) is 1.01. The van der Waals surface area contributed by atoms with E-state index in [1.807, 2.05) is 0 Å². The van der Waals surface area contributed by atoms with Crippen LogP contribution in [0, 0.1) is 0 Å². The number of rotatable bonds is 6. The summed E-state index contributed by atoms with van der Waals surface area (Å²) in [5.74, 6) is 0. The third-order valence-corrected chi connectivity index (χ3v) is 2.56. The molecule has 0 fully saturated rings. The van der Waals surface area contributed by atoms with Gasteiger partial charge in [-0.15, -0.1) is 0 Å². The van der Waals surface area contributed by atoms with Crippen LogP contribution in [0.1, 0.15) is 0 Å². The van der Waals surface area contributed by atoms with Crippen LogP contribution in [0.25, 0.3) is 0 Å². The van der Waals surface area contributed by atoms with E-state index in [-0.39, 0.29) is 8.15 Å². The van der Waals surface area contributed by atoms with Crippen molar-refractivity contribution in [2.24, 2.45) is 5.73 Å². The molecule has 2 N–H and O–H groups in total. The summed E-state index contributed by atoms with van der Waals surface area (Å²) in [5, 5.41) is 0. The highest BCUT2D eigenvalue weighted by Crippen LogP contribution is 2.29. The molecule has 4 heteroatoms. The summed E-state index contributed by atoms with van der Waals surface area (Å²) in [4.78, 5) is 0. The summed E-state index contributed by atoms with van der Waals surface area (Å²) in [6.45, 7) is 4.12. The topological polar surface area (TPSA) is 44.5 Å². The predicted octanol–water partition coefficient (Wildman–Crippen LogP) is 0.635. The molecule has 0 heterocycles. The minimum absolute atomic E-state index is 0.261. The molecule has 0 amide bonds. The largest absolute Gasteiger partial charge is 0.380 e. The molecule has 0 saturated heterocycles. The lowest BCUT2D eigenvalue weighted by Gasteiger charge is -2.08. The first-order chi connectivity index (χ1) is 4.81. The van der Waals surface area contributed by atoms with Gasteiger partial charge in [0.05, 0.1) is 13.2 Å². The van der Waals surface area contributed by atoms with Crippen LogP contribution in [0.15, 0.2) is 0 Å². The molecule has 3 nitrogen and oxygen atoms in total. The molecule has 0 bridgehead atoms. The molecule has 0 aliphatic rings. The van der Waals surface area contributed by atoms with Gasteiger partial charge < -0.3 is 15.0 Å². The molecule has 0 aromatic rings. The molecule has 10 heavy (non-hydrogen) atoms. The van der Waals surface area contributed by atoms with Crippen molar-refractivity contribution in [2.75, 3.05) is 39.7 Å². The molecule has 0 rings (SSSR count). The maximum absolute atomic E-state index is 5.23. The van der Waals surface area contributed by atoms with E-state index in [4.69, 9.17) is 15.0 Å². The molecule has 0 saturated carbocycles. The van der Waals surface area contributed by atoms with Crippen LogP contribution >= 0.6 is 8.15 Å². The van der Waals surface area contributed by atoms with Crippen LogP contribution in [0.2, 0.25) is 0 Å². The second-order valence-corrected chi connectivity index (χ2v) is 4.00. The molecule has 0 aromatic carbocycles. The van der Waals surface area contributed by atoms with Crippen molar-refractivity contribution in [3.63, 3.8) is 0 Å². The second-order valence-electron chi connectivity index (χ2n) is 1.94. The van der Waals surface area contributed by atoms with Crippen molar-refractivity contribution in [3.05, 3.63) is 0 Å². The monoisotopic (exact) mass is 165 g/mol. The molecule has 0 radical (unpaired) electrons. The fourth-order valence-corrected chi connectivity index (χ4v) is 1.04. The zero-order valence-electron chi connectivity index (χ0n) is 6.67. The first-order valence-electron chi connectivity index (χ1n) is 3.34. The zero-order chi connectivity index (χ0) is 7.82. The van der Waals surface area contributed by atoms with Crippen molar-refractivity contribution in [1.29, 1.82) is 0 Å². The van der Waals surface area contributed by atoms with Gasteiger partial charge >= 0.3 is 0 Å². The van der Waals surface area contributed by atoms with Crippen LogP contribution in [-0.2, 0) is 9.26 Å². The molecule has 1 atom stereocenters. The highest BCUT2D eigenvalue weighted by atomic mass is 31.1. The van der Waals surface area contributed by atoms with Crippen molar-refractivity contribution >= 4 is 8.15 Å². The Morgan fingerprint density at radius 1 is 1.40 bits per heavy atom. The van der Waals surface area contributed by atoms with Gasteiger partial charge in [-0.3, -0.25) is 0 Å². The molecule has 62 valence electrons. The van der Waals surface area contributed by atoms with Crippen molar-refractivity contribution in [2.45, 2.75) is 0 Å². The molecular formula is C6H16NO2P. The van der Waals surface area contributed by atoms with E-state index in [0.29, 0.717) is 13.2 Å². The van der Waals surface area contributed by atoms with Crippen molar-refractivity contribution < 1.29 is 9.26 Å². The number of hydrogen-bond acceptors (Lipinski definition) is 3. The number of nitrogens with two attached hydrogens (primary N) is 1. The van der Waals surface area contributed by atoms with Crippen LogP contribution in [0.4, 0.5) is 0 Å². The van der Waals surface area contributed by atoms with Gasteiger partial charge in [0.25, 0.3) is 0 Å². The fraction of sp³-hybridized carbons (Fsp3) is 1.00. The summed E-state index contributed by atoms with van der Waals surface area (Å²) in [7, 11) is 1.47. The summed E-state index contributed by atoms with van der Waals surface area (Å²) >= 11 is 0. The normalized spacial score (nSPS) is 13.5. The number of hydrogen-bond donors (Lipinski definition) is 1. The van der Waals surface area contributed by atoms with Crippen LogP contribution in [0.5, 0.6) is 0 Å². The standard InChI is InChI=1S/C6H16NO2P/c1-8-10(2)6-5-9-4-3-7/h3-7H2,1-2H3. The van der Waals surface area contributed by atoms with E-state index in [9.17, 15) is 0 Å². The summed E-state index contributed by atoms with van der Waals surface area (Å²) in [6, 6.07) is 0. The smallest absolute Gasteiger partial charge is 0.0588 e. The Hall–Kier alpha value is 0.310. The lowest BCUT2D eigenvalue weighted by atomic mass is 10.7. The Balaban J connectivity index is 2.89. The summed E-state index contributed by atoms with van der Waals surface area (Å²) in [5.41, 5.74) is 5.23. The highest BCUT2D eigenvalue weighted by molar-refractivity contribution is 7.51. The Morgan fingerprint density at radius 3 is 2.60 bits per heavy atom. The van der Waals surface area contributed by atoms with Crippen molar-refractivity contribution in [1.82, 2.24) is 0 Å². The quantitative estimate of drug-likeness (QED) is 0.464. The average molecular weight is 165 g/mol. The number of ether oxygens (including phenoxy) is 1. The Labute approximate surface area is 63.7 Å². The van der Waals surface area contributed by atoms with Gasteiger partial charge in [0.1, 0.15) is 0 Å². The molecule has 0 aliphatic heterocycles. The van der Waals surface area contributed by atoms with Gasteiger partial charge in [-0.25, -0.2) is 0 Å². The van der Waals surface area contributed by atoms with Gasteiger partial charge in [-0.2, -0.15) is 0 Å². The Bertz CT molecular complexity index is 72.8. The van der Waals surface area contributed by atoms with E-state index in [2.05, 4.69) is 6.66 Å². The van der Waals surface area contributed by atoms with Crippen molar-refractivity contribution in [3.8, 4) is 0 Å². The van der Waals surface area contributed by atoms with Crippen LogP contribution < -0.4 is 5.73 Å². The molecule has 1 unspecified atom stereocenters. The predicted molar refractivity (Wildman–Crippen MR) is 44.6 cm³/mol. The zero-order valence-corrected chi connectivity index (χ0v) is 7.56. The maximum atomic E-state index is 5.23. The molecular weight excluding hydrogens is 149 g/mol. The van der Waals surface area contributed by atoms with Gasteiger partial charge in [0.2, 0.25) is 0 Å². The van der Waals surface area contributed by atoms with Gasteiger partial charge in [-0.05, 0) is 6.66 Å². The lowest BCUT2D eigenvalue weighted by molar-refractivity contribution is 0.156. The lowest BCUT2D eigenvalue weighted by Crippen LogP contribution is -2.10. The molecule has 0 aromatic heterocycles. The van der Waals surface area contributed by atoms with Gasteiger partial charge in [0.15, 0.2) is 0 Å². The minimum atomic E-state index is -0.261. The van der Waals surface area contributed by atoms with Gasteiger partial charge in [-0.1, -0.05) is 0 Å². The van der Waals surface area contributed by atoms with E-state index in [0.717, 1.165) is 12.8 Å². The highest BCUT2D eigenvalue weighted by Gasteiger charge is 1.96. The average Bonchev–Trinajstić information content (AvgIpc) is 1.98. The second kappa shape index (κ2) is 7.42. The first kappa shape index (κ1) is 10.3. The third kappa shape index (κ3) is 6.43. The van der Waals surface area contributed by atoms with Crippen LogP contribution in [0.3, 0.4) is 0 Å². The van der Waals surface area contributed by atoms with E-state index < -0.39 is 0 Å². The van der Waals surface area contributed by atoms with Gasteiger partial charge in [0, 0.05) is 28.0 Å². The fourth-order valence-electron chi connectivity index (χ4n) is 0.470. The van der Waals surface area contributed by atoms with E-state index in [1.54, 1.807) is 7.11 Å². The minimum Gasteiger partial charge on any atom is -0.380 e. The molecule has 0 aliphatic carbocycles. The van der Waals surface area contributed by atoms with E-state index in [1.165, 1.54) is 0 Å². The summed E-state index contributed by atoms with van der Waals surface area (Å²) < 4.78 is 10.3. The SMILES string of the molecule is COP(C)CCOCCN. The molecule has 0 spiro atoms. The first-order valence-corrected chi connectivity index (χ1v) is 5.23. The van der Waals surface area contributed by atoms with Crippen LogP contribution in [-0.4, -0.2) is 39.7 Å². The Kier molecular flexibility index (Phi) is 7.65. The van der Waals surface area contributed by atoms with E-state index >= 15 is 0 Å². The Morgan fingerprint density at radius 2 is 2.10 bits per heavy atom. The third-order valence-electron chi connectivity index (χ3n) is 1.12. The maximum Gasteiger partial charge on any atom is 0.0588 e.